The van der Waals surface area contributed by atoms with E-state index < -0.39 is 11.9 Å². The number of imide groups is 1. The normalized spacial score (nSPS) is 18.7. The van der Waals surface area contributed by atoms with E-state index in [1.54, 1.807) is 21.8 Å². The number of carbonyl (C=O) groups is 3. The molecule has 0 unspecified atom stereocenters. The molecule has 3 amide bonds. The number of aryl methyl sites for hydroxylation is 2. The number of nitrogens with one attached hydrogen (secondary N) is 1. The molecule has 1 atom stereocenters. The van der Waals surface area contributed by atoms with Crippen molar-refractivity contribution in [1.82, 2.24) is 20.0 Å². The molecular weight excluding hydrogens is 384 g/mol. The fraction of sp³-hybridized carbons (Fsp3) is 0.273. The van der Waals surface area contributed by atoms with E-state index in [2.05, 4.69) is 10.4 Å². The summed E-state index contributed by atoms with van der Waals surface area (Å²) >= 11 is 0. The molecule has 1 saturated heterocycles. The van der Waals surface area contributed by atoms with Crippen LogP contribution in [0.3, 0.4) is 0 Å². The van der Waals surface area contributed by atoms with Crippen LogP contribution in [0.4, 0.5) is 0 Å². The van der Waals surface area contributed by atoms with Crippen molar-refractivity contribution in [2.45, 2.75) is 32.4 Å². The minimum absolute atomic E-state index is 0.181. The molecule has 3 aromatic rings. The van der Waals surface area contributed by atoms with Crippen LogP contribution in [0.15, 0.2) is 40.9 Å². The highest BCUT2D eigenvalue weighted by atomic mass is 16.3. The van der Waals surface area contributed by atoms with E-state index in [0.717, 1.165) is 33.9 Å². The van der Waals surface area contributed by atoms with E-state index in [4.69, 9.17) is 4.42 Å². The predicted molar refractivity (Wildman–Crippen MR) is 107 cm³/mol. The largest absolute Gasteiger partial charge is 0.460 e. The second kappa shape index (κ2) is 6.69. The third kappa shape index (κ3) is 2.83. The maximum atomic E-state index is 12.9. The van der Waals surface area contributed by atoms with Crippen molar-refractivity contribution in [1.29, 1.82) is 0 Å². The Balaban J connectivity index is 1.49. The molecule has 152 valence electrons. The van der Waals surface area contributed by atoms with Crippen molar-refractivity contribution in [3.63, 3.8) is 0 Å². The number of hydrogen-bond donors (Lipinski definition) is 1. The van der Waals surface area contributed by atoms with Crippen LogP contribution in [-0.4, -0.2) is 38.4 Å². The number of nitrogens with zero attached hydrogens (tertiary/aromatic N) is 3. The first-order valence-electron chi connectivity index (χ1n) is 9.79. The molecule has 30 heavy (non-hydrogen) atoms. The molecule has 4 heterocycles. The van der Waals surface area contributed by atoms with E-state index >= 15 is 0 Å². The molecule has 8 nitrogen and oxygen atoms in total. The van der Waals surface area contributed by atoms with Gasteiger partial charge in [0.1, 0.15) is 17.5 Å². The van der Waals surface area contributed by atoms with Crippen molar-refractivity contribution >= 4 is 17.7 Å². The van der Waals surface area contributed by atoms with Crippen molar-refractivity contribution < 1.29 is 18.8 Å². The molecule has 2 aromatic heterocycles. The average molecular weight is 404 g/mol. The Hall–Kier alpha value is -3.68. The highest BCUT2D eigenvalue weighted by molar-refractivity contribution is 6.05. The maximum Gasteiger partial charge on any atom is 0.255 e. The molecule has 2 aliphatic rings. The first kappa shape index (κ1) is 18.4. The van der Waals surface area contributed by atoms with Gasteiger partial charge in [0, 0.05) is 31.1 Å². The monoisotopic (exact) mass is 404 g/mol. The zero-order valence-electron chi connectivity index (χ0n) is 16.6. The molecule has 8 heteroatoms. The number of benzene rings is 1. The molecule has 0 radical (unpaired) electrons. The minimum atomic E-state index is -0.619. The van der Waals surface area contributed by atoms with Crippen LogP contribution in [0.1, 0.15) is 34.5 Å². The molecule has 5 rings (SSSR count). The Morgan fingerprint density at radius 1 is 1.13 bits per heavy atom. The summed E-state index contributed by atoms with van der Waals surface area (Å²) in [5.74, 6) is 0.662. The van der Waals surface area contributed by atoms with Crippen LogP contribution >= 0.6 is 0 Å². The molecule has 0 aliphatic carbocycles. The maximum absolute atomic E-state index is 12.9. The number of furan rings is 1. The van der Waals surface area contributed by atoms with Crippen LogP contribution in [0.5, 0.6) is 0 Å². The third-order valence-electron chi connectivity index (χ3n) is 5.75. The number of aromatic nitrogens is 2. The highest BCUT2D eigenvalue weighted by Gasteiger charge is 2.39. The smallest absolute Gasteiger partial charge is 0.255 e. The summed E-state index contributed by atoms with van der Waals surface area (Å²) in [7, 11) is 1.86. The molecule has 1 fully saturated rings. The lowest BCUT2D eigenvalue weighted by Crippen LogP contribution is -2.52. The number of piperidine rings is 1. The summed E-state index contributed by atoms with van der Waals surface area (Å²) in [6.07, 6.45) is 2.37. The second-order valence-electron chi connectivity index (χ2n) is 7.71. The lowest BCUT2D eigenvalue weighted by atomic mass is 10.00. The van der Waals surface area contributed by atoms with Gasteiger partial charge >= 0.3 is 0 Å². The van der Waals surface area contributed by atoms with Gasteiger partial charge in [0.15, 0.2) is 5.76 Å². The van der Waals surface area contributed by atoms with Gasteiger partial charge in [-0.3, -0.25) is 24.4 Å². The lowest BCUT2D eigenvalue weighted by molar-refractivity contribution is -0.136. The number of rotatable bonds is 3. The fourth-order valence-corrected chi connectivity index (χ4v) is 4.24. The molecule has 0 bridgehead atoms. The standard InChI is InChI=1S/C22H20N4O4/c1-12-3-7-18(30-12)20-16(10-23-25(20)2)13-4-5-15-14(9-13)11-26(22(15)29)17-6-8-19(27)24-21(17)28/h3-5,7,9-10,17H,6,8,11H2,1-2H3,(H,24,27,28)/t17-/m0/s1. The van der Waals surface area contributed by atoms with Gasteiger partial charge in [-0.25, -0.2) is 0 Å². The molecule has 1 aromatic carbocycles. The van der Waals surface area contributed by atoms with Gasteiger partial charge in [-0.05, 0) is 48.7 Å². The first-order valence-corrected chi connectivity index (χ1v) is 9.79. The average Bonchev–Trinajstić information content (AvgIpc) is 3.39. The Labute approximate surface area is 172 Å². The zero-order valence-corrected chi connectivity index (χ0v) is 16.6. The zero-order chi connectivity index (χ0) is 21.0. The second-order valence-corrected chi connectivity index (χ2v) is 7.71. The summed E-state index contributed by atoms with van der Waals surface area (Å²) in [4.78, 5) is 38.1. The molecule has 0 spiro atoms. The van der Waals surface area contributed by atoms with Crippen molar-refractivity contribution in [2.24, 2.45) is 7.05 Å². The first-order chi connectivity index (χ1) is 14.4. The molecule has 0 saturated carbocycles. The van der Waals surface area contributed by atoms with E-state index in [9.17, 15) is 14.4 Å². The summed E-state index contributed by atoms with van der Waals surface area (Å²) in [5, 5.41) is 6.71. The van der Waals surface area contributed by atoms with Crippen LogP contribution in [0, 0.1) is 6.92 Å². The van der Waals surface area contributed by atoms with E-state index in [0.29, 0.717) is 18.5 Å². The molecule has 1 N–H and O–H groups in total. The number of fused-ring (bicyclic) bond motifs is 1. The number of hydrogen-bond acceptors (Lipinski definition) is 5. The summed E-state index contributed by atoms with van der Waals surface area (Å²) in [5.41, 5.74) is 4.12. The van der Waals surface area contributed by atoms with Gasteiger partial charge in [0.2, 0.25) is 11.8 Å². The van der Waals surface area contributed by atoms with Gasteiger partial charge in [0.05, 0.1) is 6.20 Å². The van der Waals surface area contributed by atoms with Crippen LogP contribution in [-0.2, 0) is 23.2 Å². The van der Waals surface area contributed by atoms with Crippen LogP contribution < -0.4 is 5.32 Å². The third-order valence-corrected chi connectivity index (χ3v) is 5.75. The van der Waals surface area contributed by atoms with Gasteiger partial charge < -0.3 is 9.32 Å². The van der Waals surface area contributed by atoms with Gasteiger partial charge in [-0.2, -0.15) is 5.10 Å². The quantitative estimate of drug-likeness (QED) is 0.676. The van der Waals surface area contributed by atoms with Crippen molar-refractivity contribution in [3.8, 4) is 22.6 Å². The Morgan fingerprint density at radius 2 is 1.97 bits per heavy atom. The van der Waals surface area contributed by atoms with Gasteiger partial charge in [0.25, 0.3) is 5.91 Å². The number of amides is 3. The van der Waals surface area contributed by atoms with Gasteiger partial charge in [-0.1, -0.05) is 6.07 Å². The van der Waals surface area contributed by atoms with E-state index in [1.807, 2.05) is 38.2 Å². The lowest BCUT2D eigenvalue weighted by Gasteiger charge is -2.29. The predicted octanol–water partition coefficient (Wildman–Crippen LogP) is 2.42. The topological polar surface area (TPSA) is 97.4 Å². The Bertz CT molecular complexity index is 1210. The van der Waals surface area contributed by atoms with Crippen LogP contribution in [0.25, 0.3) is 22.6 Å². The highest BCUT2D eigenvalue weighted by Crippen LogP contribution is 2.36. The minimum Gasteiger partial charge on any atom is -0.460 e. The Kier molecular flexibility index (Phi) is 4.09. The summed E-state index contributed by atoms with van der Waals surface area (Å²) in [6.45, 7) is 2.23. The summed E-state index contributed by atoms with van der Waals surface area (Å²) in [6, 6.07) is 8.86. The van der Waals surface area contributed by atoms with Crippen LogP contribution in [0.2, 0.25) is 0 Å². The molecular formula is C22H20N4O4. The number of carbonyl (C=O) groups excluding carboxylic acids is 3. The van der Waals surface area contributed by atoms with E-state index in [-0.39, 0.29) is 18.2 Å². The van der Waals surface area contributed by atoms with Crippen molar-refractivity contribution in [3.05, 3.63) is 53.4 Å². The fourth-order valence-electron chi connectivity index (χ4n) is 4.24. The van der Waals surface area contributed by atoms with E-state index in [1.165, 1.54) is 0 Å². The summed E-state index contributed by atoms with van der Waals surface area (Å²) < 4.78 is 7.57. The molecule has 2 aliphatic heterocycles. The SMILES string of the molecule is Cc1ccc(-c2c(-c3ccc4c(c3)CN([C@H]3CCC(=O)NC3=O)C4=O)cnn2C)o1. The van der Waals surface area contributed by atoms with Crippen molar-refractivity contribution in [2.75, 3.05) is 0 Å². The van der Waals surface area contributed by atoms with Gasteiger partial charge in [-0.15, -0.1) is 0 Å². The Morgan fingerprint density at radius 3 is 2.70 bits per heavy atom.